The van der Waals surface area contributed by atoms with Crippen molar-refractivity contribution in [2.24, 2.45) is 0 Å². The fourth-order valence-electron chi connectivity index (χ4n) is 2.67. The van der Waals surface area contributed by atoms with Gasteiger partial charge in [-0.1, -0.05) is 6.07 Å². The molecular weight excluding hydrogens is 286 g/mol. The van der Waals surface area contributed by atoms with Crippen molar-refractivity contribution in [1.82, 2.24) is 25.0 Å². The predicted octanol–water partition coefficient (Wildman–Crippen LogP) is 2.28. The van der Waals surface area contributed by atoms with E-state index in [1.54, 1.807) is 22.3 Å². The third-order valence-electron chi connectivity index (χ3n) is 3.69. The van der Waals surface area contributed by atoms with Crippen molar-refractivity contribution in [2.75, 3.05) is 13.1 Å². The smallest absolute Gasteiger partial charge is 0.317 e. The van der Waals surface area contributed by atoms with E-state index in [4.69, 9.17) is 0 Å². The number of carbonyl (C=O) groups is 1. The maximum atomic E-state index is 12.3. The largest absolute Gasteiger partial charge is 0.338 e. The monoisotopic (exact) mass is 305 g/mol. The van der Waals surface area contributed by atoms with Gasteiger partial charge in [0, 0.05) is 24.5 Å². The molecule has 3 rings (SSSR count). The standard InChI is InChI=1S/C14H19N5OS/c20-14(16-6-3-7-18-11-15-10-17-18)19-8-1-4-12(19)13-5-2-9-21-13/h2,5,9-12H,1,3-4,6-8H2,(H,16,20). The summed E-state index contributed by atoms with van der Waals surface area (Å²) in [7, 11) is 0. The van der Waals surface area contributed by atoms with Gasteiger partial charge in [-0.05, 0) is 30.7 Å². The van der Waals surface area contributed by atoms with Gasteiger partial charge in [-0.3, -0.25) is 4.68 Å². The molecule has 1 saturated heterocycles. The van der Waals surface area contributed by atoms with Crippen LogP contribution in [0.15, 0.2) is 30.2 Å². The van der Waals surface area contributed by atoms with E-state index >= 15 is 0 Å². The summed E-state index contributed by atoms with van der Waals surface area (Å²) in [6.45, 7) is 2.28. The Kier molecular flexibility index (Phi) is 4.49. The van der Waals surface area contributed by atoms with Gasteiger partial charge in [-0.25, -0.2) is 9.78 Å². The molecule has 1 N–H and O–H groups in total. The lowest BCUT2D eigenvalue weighted by molar-refractivity contribution is 0.193. The lowest BCUT2D eigenvalue weighted by atomic mass is 10.2. The van der Waals surface area contributed by atoms with E-state index in [-0.39, 0.29) is 12.1 Å². The number of hydrogen-bond donors (Lipinski definition) is 1. The fraction of sp³-hybridized carbons (Fsp3) is 0.500. The van der Waals surface area contributed by atoms with Crippen LogP contribution in [-0.2, 0) is 6.54 Å². The van der Waals surface area contributed by atoms with Gasteiger partial charge in [0.15, 0.2) is 0 Å². The summed E-state index contributed by atoms with van der Waals surface area (Å²) < 4.78 is 1.77. The van der Waals surface area contributed by atoms with E-state index in [9.17, 15) is 4.79 Å². The minimum absolute atomic E-state index is 0.0458. The van der Waals surface area contributed by atoms with Crippen LogP contribution >= 0.6 is 11.3 Å². The number of carbonyl (C=O) groups excluding carboxylic acids is 1. The van der Waals surface area contributed by atoms with Crippen molar-refractivity contribution in [3.8, 4) is 0 Å². The molecule has 2 aromatic rings. The first kappa shape index (κ1) is 14.1. The molecule has 0 bridgehead atoms. The molecule has 112 valence electrons. The molecule has 0 saturated carbocycles. The van der Waals surface area contributed by atoms with E-state index < -0.39 is 0 Å². The maximum absolute atomic E-state index is 12.3. The second kappa shape index (κ2) is 6.71. The Morgan fingerprint density at radius 3 is 3.24 bits per heavy atom. The van der Waals surface area contributed by atoms with E-state index in [2.05, 4.69) is 26.8 Å². The molecule has 0 aliphatic carbocycles. The average molecular weight is 305 g/mol. The van der Waals surface area contributed by atoms with Gasteiger partial charge in [0.1, 0.15) is 12.7 Å². The molecule has 2 aromatic heterocycles. The zero-order chi connectivity index (χ0) is 14.5. The molecule has 7 heteroatoms. The molecule has 1 unspecified atom stereocenters. The van der Waals surface area contributed by atoms with Gasteiger partial charge >= 0.3 is 6.03 Å². The first-order valence-corrected chi connectivity index (χ1v) is 8.13. The summed E-state index contributed by atoms with van der Waals surface area (Å²) >= 11 is 1.73. The van der Waals surface area contributed by atoms with Crippen LogP contribution in [-0.4, -0.2) is 38.8 Å². The highest BCUT2D eigenvalue weighted by atomic mass is 32.1. The van der Waals surface area contributed by atoms with Gasteiger partial charge in [0.2, 0.25) is 0 Å². The van der Waals surface area contributed by atoms with Crippen molar-refractivity contribution < 1.29 is 4.79 Å². The van der Waals surface area contributed by atoms with Crippen molar-refractivity contribution >= 4 is 17.4 Å². The number of thiophene rings is 1. The number of likely N-dealkylation sites (tertiary alicyclic amines) is 1. The van der Waals surface area contributed by atoms with E-state index in [0.29, 0.717) is 6.54 Å². The topological polar surface area (TPSA) is 63.1 Å². The molecule has 0 aromatic carbocycles. The van der Waals surface area contributed by atoms with Crippen molar-refractivity contribution in [1.29, 1.82) is 0 Å². The Bertz CT molecular complexity index is 554. The molecule has 1 fully saturated rings. The van der Waals surface area contributed by atoms with Crippen molar-refractivity contribution in [3.05, 3.63) is 35.0 Å². The summed E-state index contributed by atoms with van der Waals surface area (Å²) in [6, 6.07) is 4.46. The second-order valence-electron chi connectivity index (χ2n) is 5.11. The van der Waals surface area contributed by atoms with Crippen LogP contribution in [0.3, 0.4) is 0 Å². The van der Waals surface area contributed by atoms with Gasteiger partial charge in [-0.15, -0.1) is 11.3 Å². The predicted molar refractivity (Wildman–Crippen MR) is 81.0 cm³/mol. The number of nitrogens with one attached hydrogen (secondary N) is 1. The Hall–Kier alpha value is -1.89. The normalized spacial score (nSPS) is 18.1. The van der Waals surface area contributed by atoms with Gasteiger partial charge in [-0.2, -0.15) is 5.10 Å². The minimum atomic E-state index is 0.0458. The number of urea groups is 1. The summed E-state index contributed by atoms with van der Waals surface area (Å²) in [5, 5.41) is 9.12. The summed E-state index contributed by atoms with van der Waals surface area (Å²) in [6.07, 6.45) is 6.21. The molecule has 1 aliphatic heterocycles. The second-order valence-corrected chi connectivity index (χ2v) is 6.09. The van der Waals surface area contributed by atoms with Crippen LogP contribution in [0.1, 0.15) is 30.2 Å². The average Bonchev–Trinajstić information content (AvgIpc) is 3.24. The molecule has 1 atom stereocenters. The number of aryl methyl sites for hydroxylation is 1. The molecular formula is C14H19N5OS. The molecule has 1 aliphatic rings. The Labute approximate surface area is 127 Å². The number of rotatable bonds is 5. The van der Waals surface area contributed by atoms with Gasteiger partial charge < -0.3 is 10.2 Å². The van der Waals surface area contributed by atoms with Crippen LogP contribution in [0.5, 0.6) is 0 Å². The molecule has 3 heterocycles. The van der Waals surface area contributed by atoms with Gasteiger partial charge in [0.25, 0.3) is 0 Å². The van der Waals surface area contributed by atoms with E-state index in [1.165, 1.54) is 11.2 Å². The quantitative estimate of drug-likeness (QED) is 0.862. The Morgan fingerprint density at radius 1 is 1.52 bits per heavy atom. The first-order chi connectivity index (χ1) is 10.3. The molecule has 2 amide bonds. The van der Waals surface area contributed by atoms with Crippen LogP contribution in [0, 0.1) is 0 Å². The zero-order valence-electron chi connectivity index (χ0n) is 11.8. The van der Waals surface area contributed by atoms with Crippen LogP contribution in [0.4, 0.5) is 4.79 Å². The highest BCUT2D eigenvalue weighted by Crippen LogP contribution is 2.34. The third kappa shape index (κ3) is 3.41. The lowest BCUT2D eigenvalue weighted by Gasteiger charge is -2.24. The van der Waals surface area contributed by atoms with E-state index in [0.717, 1.165) is 32.4 Å². The fourth-order valence-corrected chi connectivity index (χ4v) is 3.55. The number of nitrogens with zero attached hydrogens (tertiary/aromatic N) is 4. The van der Waals surface area contributed by atoms with E-state index in [1.807, 2.05) is 11.0 Å². The zero-order valence-corrected chi connectivity index (χ0v) is 12.6. The molecule has 0 spiro atoms. The Morgan fingerprint density at radius 2 is 2.48 bits per heavy atom. The molecule has 6 nitrogen and oxygen atoms in total. The number of aromatic nitrogens is 3. The minimum Gasteiger partial charge on any atom is -0.338 e. The summed E-state index contributed by atoms with van der Waals surface area (Å²) in [5.41, 5.74) is 0. The lowest BCUT2D eigenvalue weighted by Crippen LogP contribution is -2.39. The van der Waals surface area contributed by atoms with Crippen molar-refractivity contribution in [3.63, 3.8) is 0 Å². The summed E-state index contributed by atoms with van der Waals surface area (Å²) in [4.78, 5) is 19.4. The third-order valence-corrected chi connectivity index (χ3v) is 4.67. The summed E-state index contributed by atoms with van der Waals surface area (Å²) in [5.74, 6) is 0. The molecule has 0 radical (unpaired) electrons. The van der Waals surface area contributed by atoms with Crippen LogP contribution in [0.25, 0.3) is 0 Å². The molecule has 21 heavy (non-hydrogen) atoms. The number of hydrogen-bond acceptors (Lipinski definition) is 4. The first-order valence-electron chi connectivity index (χ1n) is 7.25. The van der Waals surface area contributed by atoms with Crippen LogP contribution in [0.2, 0.25) is 0 Å². The highest BCUT2D eigenvalue weighted by Gasteiger charge is 2.30. The highest BCUT2D eigenvalue weighted by molar-refractivity contribution is 7.10. The van der Waals surface area contributed by atoms with Crippen molar-refractivity contribution in [2.45, 2.75) is 31.8 Å². The van der Waals surface area contributed by atoms with Crippen LogP contribution < -0.4 is 5.32 Å². The number of amides is 2. The van der Waals surface area contributed by atoms with Gasteiger partial charge in [0.05, 0.1) is 6.04 Å². The Balaban J connectivity index is 1.46. The maximum Gasteiger partial charge on any atom is 0.317 e. The SMILES string of the molecule is O=C(NCCCn1cncn1)N1CCCC1c1cccs1.